The van der Waals surface area contributed by atoms with Crippen molar-refractivity contribution in [3.8, 4) is 0 Å². The third-order valence-corrected chi connectivity index (χ3v) is 2.92. The summed E-state index contributed by atoms with van der Waals surface area (Å²) in [5, 5.41) is 11.4. The first-order chi connectivity index (χ1) is 9.40. The molecule has 0 heterocycles. The second kappa shape index (κ2) is 7.53. The van der Waals surface area contributed by atoms with Crippen LogP contribution in [0.25, 0.3) is 0 Å². The van der Waals surface area contributed by atoms with E-state index in [1.807, 2.05) is 45.0 Å². The molecule has 110 valence electrons. The summed E-state index contributed by atoms with van der Waals surface area (Å²) in [7, 11) is 0. The maximum absolute atomic E-state index is 11.6. The van der Waals surface area contributed by atoms with Gasteiger partial charge in [0, 0.05) is 0 Å². The van der Waals surface area contributed by atoms with Gasteiger partial charge in [0.15, 0.2) is 0 Å². The van der Waals surface area contributed by atoms with Gasteiger partial charge < -0.3 is 15.2 Å². The van der Waals surface area contributed by atoms with Crippen LogP contribution in [0, 0.1) is 12.8 Å². The average Bonchev–Trinajstić information content (AvgIpc) is 2.36. The molecule has 0 radical (unpaired) electrons. The average molecular weight is 279 g/mol. The third kappa shape index (κ3) is 5.30. The van der Waals surface area contributed by atoms with E-state index in [2.05, 4.69) is 5.32 Å². The predicted molar refractivity (Wildman–Crippen MR) is 75.4 cm³/mol. The van der Waals surface area contributed by atoms with Crippen molar-refractivity contribution in [2.45, 2.75) is 39.8 Å². The molecule has 1 aromatic carbocycles. The summed E-state index contributed by atoms with van der Waals surface area (Å²) < 4.78 is 5.06. The Hall–Kier alpha value is -2.04. The van der Waals surface area contributed by atoms with Crippen molar-refractivity contribution in [2.75, 3.05) is 0 Å². The minimum absolute atomic E-state index is 0.131. The normalized spacial score (nSPS) is 12.0. The van der Waals surface area contributed by atoms with Crippen LogP contribution >= 0.6 is 0 Å². The van der Waals surface area contributed by atoms with Gasteiger partial charge in [-0.3, -0.25) is 0 Å². The number of rotatable bonds is 6. The van der Waals surface area contributed by atoms with Crippen LogP contribution in [0.1, 0.15) is 31.4 Å². The largest absolute Gasteiger partial charge is 0.480 e. The first-order valence-corrected chi connectivity index (χ1v) is 6.60. The number of hydrogen-bond acceptors (Lipinski definition) is 3. The summed E-state index contributed by atoms with van der Waals surface area (Å²) in [6, 6.07) is 6.64. The number of amides is 1. The first-order valence-electron chi connectivity index (χ1n) is 6.60. The summed E-state index contributed by atoms with van der Waals surface area (Å²) in [5.41, 5.74) is 1.93. The Morgan fingerprint density at radius 3 is 2.50 bits per heavy atom. The van der Waals surface area contributed by atoms with Gasteiger partial charge in [0.05, 0.1) is 0 Å². The fourth-order valence-corrected chi connectivity index (χ4v) is 1.79. The number of hydrogen-bond donors (Lipinski definition) is 2. The van der Waals surface area contributed by atoms with Gasteiger partial charge in [0.2, 0.25) is 0 Å². The molecule has 20 heavy (non-hydrogen) atoms. The molecule has 0 aliphatic carbocycles. The first kappa shape index (κ1) is 16.0. The molecule has 2 N–H and O–H groups in total. The Morgan fingerprint density at radius 1 is 1.30 bits per heavy atom. The van der Waals surface area contributed by atoms with E-state index in [4.69, 9.17) is 9.84 Å². The Kier molecular flexibility index (Phi) is 6.03. The maximum atomic E-state index is 11.6. The lowest BCUT2D eigenvalue weighted by Crippen LogP contribution is -2.41. The van der Waals surface area contributed by atoms with E-state index in [9.17, 15) is 9.59 Å². The SMILES string of the molecule is Cc1ccccc1COC(=O)N[C@@H](CC(C)C)C(=O)O. The molecule has 0 bridgehead atoms. The lowest BCUT2D eigenvalue weighted by atomic mass is 10.0. The molecule has 1 atom stereocenters. The molecular weight excluding hydrogens is 258 g/mol. The summed E-state index contributed by atoms with van der Waals surface area (Å²) in [4.78, 5) is 22.7. The van der Waals surface area contributed by atoms with E-state index in [-0.39, 0.29) is 12.5 Å². The van der Waals surface area contributed by atoms with Gasteiger partial charge in [0.1, 0.15) is 12.6 Å². The standard InChI is InChI=1S/C15H21NO4/c1-10(2)8-13(14(17)18)16-15(19)20-9-12-7-5-4-6-11(12)3/h4-7,10,13H,8-9H2,1-3H3,(H,16,19)(H,17,18)/t13-/m0/s1. The zero-order valence-corrected chi connectivity index (χ0v) is 12.1. The summed E-state index contributed by atoms with van der Waals surface area (Å²) in [6.07, 6.45) is -0.337. The molecule has 1 aromatic rings. The van der Waals surface area contributed by atoms with Crippen molar-refractivity contribution >= 4 is 12.1 Å². The number of carboxylic acid groups (broad SMARTS) is 1. The molecule has 0 aliphatic heterocycles. The number of carboxylic acids is 1. The zero-order chi connectivity index (χ0) is 15.1. The quantitative estimate of drug-likeness (QED) is 0.839. The topological polar surface area (TPSA) is 75.6 Å². The molecule has 5 heteroatoms. The molecule has 0 saturated carbocycles. The Bertz CT molecular complexity index is 471. The van der Waals surface area contributed by atoms with E-state index in [1.54, 1.807) is 0 Å². The molecule has 1 amide bonds. The second-order valence-corrected chi connectivity index (χ2v) is 5.17. The molecule has 1 rings (SSSR count). The maximum Gasteiger partial charge on any atom is 0.408 e. The van der Waals surface area contributed by atoms with Crippen LogP contribution in [-0.4, -0.2) is 23.2 Å². The number of benzene rings is 1. The van der Waals surface area contributed by atoms with E-state index in [0.717, 1.165) is 11.1 Å². The van der Waals surface area contributed by atoms with Crippen LogP contribution in [0.3, 0.4) is 0 Å². The van der Waals surface area contributed by atoms with Gasteiger partial charge in [-0.05, 0) is 30.4 Å². The van der Waals surface area contributed by atoms with Crippen LogP contribution in [0.4, 0.5) is 4.79 Å². The molecule has 0 saturated heterocycles. The summed E-state index contributed by atoms with van der Waals surface area (Å²) >= 11 is 0. The Labute approximate surface area is 118 Å². The number of ether oxygens (including phenoxy) is 1. The monoisotopic (exact) mass is 279 g/mol. The van der Waals surface area contributed by atoms with Crippen LogP contribution < -0.4 is 5.32 Å². The Balaban J connectivity index is 2.50. The summed E-state index contributed by atoms with van der Waals surface area (Å²) in [6.45, 7) is 5.86. The van der Waals surface area contributed by atoms with Crippen molar-refractivity contribution in [1.29, 1.82) is 0 Å². The molecule has 5 nitrogen and oxygen atoms in total. The summed E-state index contributed by atoms with van der Waals surface area (Å²) in [5.74, 6) is -0.876. The number of aryl methyl sites for hydroxylation is 1. The number of nitrogens with one attached hydrogen (secondary N) is 1. The van der Waals surface area contributed by atoms with Crippen molar-refractivity contribution in [2.24, 2.45) is 5.92 Å². The lowest BCUT2D eigenvalue weighted by molar-refractivity contribution is -0.139. The van der Waals surface area contributed by atoms with Gasteiger partial charge in [-0.2, -0.15) is 0 Å². The molecule has 0 spiro atoms. The van der Waals surface area contributed by atoms with Crippen molar-refractivity contribution in [3.63, 3.8) is 0 Å². The minimum atomic E-state index is -1.05. The van der Waals surface area contributed by atoms with Gasteiger partial charge in [-0.1, -0.05) is 38.1 Å². The van der Waals surface area contributed by atoms with Gasteiger partial charge in [0.25, 0.3) is 0 Å². The molecule has 0 aromatic heterocycles. The van der Waals surface area contributed by atoms with Gasteiger partial charge >= 0.3 is 12.1 Å². The fraction of sp³-hybridized carbons (Fsp3) is 0.467. The van der Waals surface area contributed by atoms with Crippen LogP contribution in [0.2, 0.25) is 0 Å². The number of aliphatic carboxylic acids is 1. The third-order valence-electron chi connectivity index (χ3n) is 2.92. The smallest absolute Gasteiger partial charge is 0.408 e. The Morgan fingerprint density at radius 2 is 1.95 bits per heavy atom. The number of carbonyl (C=O) groups excluding carboxylic acids is 1. The van der Waals surface area contributed by atoms with E-state index < -0.39 is 18.1 Å². The van der Waals surface area contributed by atoms with Gasteiger partial charge in [-0.25, -0.2) is 9.59 Å². The van der Waals surface area contributed by atoms with Crippen molar-refractivity contribution < 1.29 is 19.4 Å². The highest BCUT2D eigenvalue weighted by molar-refractivity contribution is 5.79. The minimum Gasteiger partial charge on any atom is -0.480 e. The molecule has 0 fully saturated rings. The number of alkyl carbamates (subject to hydrolysis) is 1. The van der Waals surface area contributed by atoms with Crippen LogP contribution in [0.5, 0.6) is 0 Å². The lowest BCUT2D eigenvalue weighted by Gasteiger charge is -2.16. The predicted octanol–water partition coefficient (Wildman–Crippen LogP) is 2.72. The van der Waals surface area contributed by atoms with Crippen LogP contribution in [-0.2, 0) is 16.1 Å². The van der Waals surface area contributed by atoms with Crippen molar-refractivity contribution in [1.82, 2.24) is 5.32 Å². The second-order valence-electron chi connectivity index (χ2n) is 5.17. The van der Waals surface area contributed by atoms with Gasteiger partial charge in [-0.15, -0.1) is 0 Å². The van der Waals surface area contributed by atoms with Crippen LogP contribution in [0.15, 0.2) is 24.3 Å². The highest BCUT2D eigenvalue weighted by atomic mass is 16.5. The molecule has 0 unspecified atom stereocenters. The molecular formula is C15H21NO4. The highest BCUT2D eigenvalue weighted by Gasteiger charge is 2.21. The highest BCUT2D eigenvalue weighted by Crippen LogP contribution is 2.09. The van der Waals surface area contributed by atoms with E-state index in [1.165, 1.54) is 0 Å². The van der Waals surface area contributed by atoms with E-state index in [0.29, 0.717) is 6.42 Å². The zero-order valence-electron chi connectivity index (χ0n) is 12.1. The fourth-order valence-electron chi connectivity index (χ4n) is 1.79. The van der Waals surface area contributed by atoms with Crippen molar-refractivity contribution in [3.05, 3.63) is 35.4 Å². The van der Waals surface area contributed by atoms with E-state index >= 15 is 0 Å². The number of carbonyl (C=O) groups is 2. The molecule has 0 aliphatic rings.